The summed E-state index contributed by atoms with van der Waals surface area (Å²) in [5.41, 5.74) is 4.62. The Morgan fingerprint density at radius 3 is 2.06 bits per heavy atom. The molecule has 152 valence electrons. The largest absolute Gasteiger partial charge is 0.319 e. The van der Waals surface area contributed by atoms with Gasteiger partial charge >= 0.3 is 0 Å². The second-order valence-corrected chi connectivity index (χ2v) is 7.36. The van der Waals surface area contributed by atoms with Crippen LogP contribution in [-0.4, -0.2) is 25.8 Å². The fourth-order valence-corrected chi connectivity index (χ4v) is 3.90. The van der Waals surface area contributed by atoms with Crippen LogP contribution in [0.25, 0.3) is 43.9 Å². The topological polar surface area (TPSA) is 80.7 Å². The van der Waals surface area contributed by atoms with Crippen molar-refractivity contribution in [1.82, 2.24) is 19.9 Å². The molecule has 0 radical (unpaired) electrons. The van der Waals surface area contributed by atoms with Gasteiger partial charge in [-0.2, -0.15) is 0 Å². The number of carbonyl (C=O) groups is 1. The minimum atomic E-state index is -0.494. The van der Waals surface area contributed by atoms with E-state index in [2.05, 4.69) is 15.3 Å². The number of fused-ring (bicyclic) bond motifs is 7. The third kappa shape index (κ3) is 2.83. The molecular weight excluding hydrogens is 405 g/mol. The van der Waals surface area contributed by atoms with Crippen LogP contribution in [0.15, 0.2) is 79.1 Å². The van der Waals surface area contributed by atoms with Crippen LogP contribution in [0.4, 0.5) is 10.1 Å². The summed E-state index contributed by atoms with van der Waals surface area (Å²) in [5, 5.41) is 4.30. The molecule has 0 saturated carbocycles. The Kier molecular flexibility index (Phi) is 4.01. The van der Waals surface area contributed by atoms with Crippen LogP contribution in [0.1, 0.15) is 10.4 Å². The quantitative estimate of drug-likeness (QED) is 0.305. The van der Waals surface area contributed by atoms with E-state index in [1.165, 1.54) is 12.1 Å². The lowest BCUT2D eigenvalue weighted by atomic mass is 10.1. The Balaban J connectivity index is 1.55. The maximum absolute atomic E-state index is 13.9. The first-order valence-electron chi connectivity index (χ1n) is 9.98. The van der Waals surface area contributed by atoms with Gasteiger partial charge in [0.2, 0.25) is 0 Å². The first-order valence-corrected chi connectivity index (χ1v) is 9.98. The smallest absolute Gasteiger partial charge is 0.255 e. The van der Waals surface area contributed by atoms with Crippen molar-refractivity contribution in [3.05, 3.63) is 90.5 Å². The molecule has 32 heavy (non-hydrogen) atoms. The van der Waals surface area contributed by atoms with Gasteiger partial charge in [0, 0.05) is 28.7 Å². The van der Waals surface area contributed by atoms with Gasteiger partial charge in [0.25, 0.3) is 5.91 Å². The van der Waals surface area contributed by atoms with Gasteiger partial charge in [-0.3, -0.25) is 14.8 Å². The van der Waals surface area contributed by atoms with Crippen LogP contribution in [0.2, 0.25) is 0 Å². The number of hydrogen-bond acceptors (Lipinski definition) is 5. The molecular formula is C25H14FN5O. The number of aromatic nitrogens is 4. The molecule has 0 aliphatic heterocycles. The van der Waals surface area contributed by atoms with Crippen molar-refractivity contribution in [3.63, 3.8) is 0 Å². The highest BCUT2D eigenvalue weighted by Crippen LogP contribution is 2.31. The highest BCUT2D eigenvalue weighted by Gasteiger charge is 2.15. The Morgan fingerprint density at radius 1 is 0.719 bits per heavy atom. The summed E-state index contributed by atoms with van der Waals surface area (Å²) < 4.78 is 13.9. The molecule has 1 N–H and O–H groups in total. The predicted molar refractivity (Wildman–Crippen MR) is 122 cm³/mol. The van der Waals surface area contributed by atoms with Gasteiger partial charge < -0.3 is 5.32 Å². The van der Waals surface area contributed by atoms with E-state index in [-0.39, 0.29) is 5.69 Å². The van der Waals surface area contributed by atoms with E-state index in [1.54, 1.807) is 42.7 Å². The van der Waals surface area contributed by atoms with Crippen molar-refractivity contribution < 1.29 is 9.18 Å². The molecule has 0 unspecified atom stereocenters. The Morgan fingerprint density at radius 2 is 1.38 bits per heavy atom. The van der Waals surface area contributed by atoms with Crippen LogP contribution in [0.5, 0.6) is 0 Å². The van der Waals surface area contributed by atoms with Crippen molar-refractivity contribution in [2.45, 2.75) is 0 Å². The maximum atomic E-state index is 13.9. The summed E-state index contributed by atoms with van der Waals surface area (Å²) in [7, 11) is 0. The third-order valence-electron chi connectivity index (χ3n) is 5.40. The fourth-order valence-electron chi connectivity index (χ4n) is 3.90. The molecule has 6 nitrogen and oxygen atoms in total. The first kappa shape index (κ1) is 18.3. The number of nitrogens with one attached hydrogen (secondary N) is 1. The molecule has 0 aliphatic rings. The molecule has 0 atom stereocenters. The molecule has 0 aliphatic carbocycles. The highest BCUT2D eigenvalue weighted by atomic mass is 19.1. The van der Waals surface area contributed by atoms with Crippen LogP contribution in [-0.2, 0) is 0 Å². The summed E-state index contributed by atoms with van der Waals surface area (Å²) in [6.07, 6.45) is 3.46. The van der Waals surface area contributed by atoms with Crippen molar-refractivity contribution >= 4 is 55.5 Å². The Hall–Kier alpha value is -4.52. The second kappa shape index (κ2) is 7.02. The van der Waals surface area contributed by atoms with Gasteiger partial charge in [-0.1, -0.05) is 12.1 Å². The predicted octanol–water partition coefficient (Wildman–Crippen LogP) is 5.27. The highest BCUT2D eigenvalue weighted by molar-refractivity contribution is 6.21. The average molecular weight is 419 g/mol. The van der Waals surface area contributed by atoms with Gasteiger partial charge in [0.1, 0.15) is 5.82 Å². The zero-order valence-corrected chi connectivity index (χ0v) is 16.6. The molecule has 0 fully saturated rings. The lowest BCUT2D eigenvalue weighted by Gasteiger charge is -2.10. The number of anilines is 1. The van der Waals surface area contributed by atoms with Crippen LogP contribution >= 0.6 is 0 Å². The monoisotopic (exact) mass is 419 g/mol. The molecule has 7 heteroatoms. The zero-order valence-electron chi connectivity index (χ0n) is 16.6. The van der Waals surface area contributed by atoms with Gasteiger partial charge in [-0.15, -0.1) is 0 Å². The molecule has 0 saturated heterocycles. The van der Waals surface area contributed by atoms with E-state index in [1.807, 2.05) is 24.3 Å². The van der Waals surface area contributed by atoms with E-state index < -0.39 is 11.7 Å². The third-order valence-corrected chi connectivity index (χ3v) is 5.40. The number of carbonyl (C=O) groups excluding carboxylic acids is 1. The summed E-state index contributed by atoms with van der Waals surface area (Å²) in [5.74, 6) is -0.917. The molecule has 3 heterocycles. The van der Waals surface area contributed by atoms with E-state index in [9.17, 15) is 9.18 Å². The van der Waals surface area contributed by atoms with Gasteiger partial charge in [-0.05, 0) is 54.6 Å². The summed E-state index contributed by atoms with van der Waals surface area (Å²) in [6, 6.07) is 18.7. The van der Waals surface area contributed by atoms with Gasteiger partial charge in [0.15, 0.2) is 0 Å². The number of rotatable bonds is 2. The Labute approximate surface area is 180 Å². The van der Waals surface area contributed by atoms with E-state index in [0.717, 1.165) is 27.3 Å². The van der Waals surface area contributed by atoms with Crippen molar-refractivity contribution in [2.24, 2.45) is 0 Å². The number of para-hydroxylation sites is 1. The standard InChI is InChI=1S/C25H14FN5O/c26-17-7-1-2-8-18(17)31-25(32)14-9-10-19-20(13-14)30-24-16-6-4-12-28-22(16)21-15(23(24)29-19)5-3-11-27-21/h1-13H,(H,31,32). The van der Waals surface area contributed by atoms with Crippen molar-refractivity contribution in [2.75, 3.05) is 5.32 Å². The molecule has 0 bridgehead atoms. The van der Waals surface area contributed by atoms with Crippen LogP contribution in [0.3, 0.4) is 0 Å². The van der Waals surface area contributed by atoms with E-state index in [0.29, 0.717) is 22.1 Å². The number of amides is 1. The Bertz CT molecular complexity index is 1700. The molecule has 3 aromatic carbocycles. The first-order chi connectivity index (χ1) is 15.7. The van der Waals surface area contributed by atoms with Crippen LogP contribution < -0.4 is 5.32 Å². The van der Waals surface area contributed by atoms with E-state index >= 15 is 0 Å². The number of pyridine rings is 2. The molecule has 6 rings (SSSR count). The lowest BCUT2D eigenvalue weighted by Crippen LogP contribution is -2.13. The minimum Gasteiger partial charge on any atom is -0.319 e. The summed E-state index contributed by atoms with van der Waals surface area (Å²) in [4.78, 5) is 31.4. The zero-order chi connectivity index (χ0) is 21.7. The number of nitrogens with zero attached hydrogens (tertiary/aromatic N) is 4. The van der Waals surface area contributed by atoms with Gasteiger partial charge in [0.05, 0.1) is 38.8 Å². The molecule has 0 spiro atoms. The SMILES string of the molecule is O=C(Nc1ccccc1F)c1ccc2nc3c4cccnc4c4ncccc4c3nc2c1. The van der Waals surface area contributed by atoms with Crippen LogP contribution in [0, 0.1) is 5.82 Å². The lowest BCUT2D eigenvalue weighted by molar-refractivity contribution is 0.102. The molecule has 3 aromatic heterocycles. The molecule has 1 amide bonds. The average Bonchev–Trinajstić information content (AvgIpc) is 2.84. The van der Waals surface area contributed by atoms with E-state index in [4.69, 9.17) is 9.97 Å². The van der Waals surface area contributed by atoms with Gasteiger partial charge in [-0.25, -0.2) is 14.4 Å². The fraction of sp³-hybridized carbons (Fsp3) is 0. The maximum Gasteiger partial charge on any atom is 0.255 e. The van der Waals surface area contributed by atoms with Crippen molar-refractivity contribution in [1.29, 1.82) is 0 Å². The minimum absolute atomic E-state index is 0.123. The normalized spacial score (nSPS) is 11.4. The summed E-state index contributed by atoms with van der Waals surface area (Å²) >= 11 is 0. The summed E-state index contributed by atoms with van der Waals surface area (Å²) in [6.45, 7) is 0. The second-order valence-electron chi connectivity index (χ2n) is 7.36. The van der Waals surface area contributed by atoms with Crippen molar-refractivity contribution in [3.8, 4) is 0 Å². The number of halogens is 1. The molecule has 6 aromatic rings. The number of hydrogen-bond donors (Lipinski definition) is 1. The number of benzene rings is 3.